The van der Waals surface area contributed by atoms with Crippen LogP contribution in [0.1, 0.15) is 34.1 Å². The smallest absolute Gasteiger partial charge is 0.338 e. The molecular formula is C20H21N3O3. The van der Waals surface area contributed by atoms with E-state index in [2.05, 4.69) is 6.92 Å². The lowest BCUT2D eigenvalue weighted by atomic mass is 10.0. The highest BCUT2D eigenvalue weighted by molar-refractivity contribution is 6.06. The van der Waals surface area contributed by atoms with Crippen LogP contribution >= 0.6 is 0 Å². The third kappa shape index (κ3) is 3.06. The summed E-state index contributed by atoms with van der Waals surface area (Å²) in [5.41, 5.74) is 2.57. The maximum Gasteiger partial charge on any atom is 0.338 e. The van der Waals surface area contributed by atoms with Crippen LogP contribution in [0.4, 0.5) is 0 Å². The van der Waals surface area contributed by atoms with Gasteiger partial charge in [0.2, 0.25) is 5.62 Å². The van der Waals surface area contributed by atoms with Crippen LogP contribution in [0, 0.1) is 5.41 Å². The van der Waals surface area contributed by atoms with E-state index in [4.69, 9.17) is 10.1 Å². The molecule has 0 aliphatic carbocycles. The van der Waals surface area contributed by atoms with Gasteiger partial charge in [0, 0.05) is 12.1 Å². The second-order valence-corrected chi connectivity index (χ2v) is 6.01. The number of fused-ring (bicyclic) bond motifs is 1. The van der Waals surface area contributed by atoms with Crippen molar-refractivity contribution in [3.8, 4) is 0 Å². The Kier molecular flexibility index (Phi) is 5.02. The number of ketones is 1. The average molecular weight is 351 g/mol. The third-order valence-corrected chi connectivity index (χ3v) is 4.36. The second-order valence-electron chi connectivity index (χ2n) is 6.01. The number of aryl methyl sites for hydroxylation is 1. The van der Waals surface area contributed by atoms with Crippen molar-refractivity contribution in [2.24, 2.45) is 0 Å². The zero-order valence-electron chi connectivity index (χ0n) is 14.9. The van der Waals surface area contributed by atoms with Gasteiger partial charge in [0.25, 0.3) is 0 Å². The normalized spacial score (nSPS) is 10.8. The van der Waals surface area contributed by atoms with Crippen molar-refractivity contribution in [2.45, 2.75) is 26.4 Å². The van der Waals surface area contributed by atoms with Crippen molar-refractivity contribution >= 4 is 22.8 Å². The highest BCUT2D eigenvalue weighted by Gasteiger charge is 2.19. The molecular weight excluding hydrogens is 330 g/mol. The van der Waals surface area contributed by atoms with Crippen LogP contribution in [0.15, 0.2) is 48.5 Å². The van der Waals surface area contributed by atoms with E-state index in [0.29, 0.717) is 12.1 Å². The number of hydrogen-bond donors (Lipinski definition) is 1. The minimum absolute atomic E-state index is 0.00985. The molecule has 3 aromatic rings. The van der Waals surface area contributed by atoms with E-state index in [1.165, 1.54) is 7.11 Å². The Morgan fingerprint density at radius 2 is 1.54 bits per heavy atom. The van der Waals surface area contributed by atoms with Gasteiger partial charge in [0.1, 0.15) is 0 Å². The van der Waals surface area contributed by atoms with Crippen LogP contribution in [-0.4, -0.2) is 28.0 Å². The summed E-state index contributed by atoms with van der Waals surface area (Å²) < 4.78 is 8.35. The number of nitrogens with one attached hydrogen (secondary N) is 1. The molecule has 134 valence electrons. The van der Waals surface area contributed by atoms with Crippen molar-refractivity contribution in [3.05, 3.63) is 65.3 Å². The number of aromatic nitrogens is 2. The van der Waals surface area contributed by atoms with Gasteiger partial charge in [-0.05, 0) is 24.6 Å². The molecule has 2 aromatic carbocycles. The Hall–Kier alpha value is -3.15. The number of rotatable bonds is 6. The van der Waals surface area contributed by atoms with E-state index in [0.717, 1.165) is 17.5 Å². The lowest BCUT2D eigenvalue weighted by molar-refractivity contribution is 0.0596. The van der Waals surface area contributed by atoms with Crippen LogP contribution in [0.5, 0.6) is 0 Å². The number of nitrogens with zero attached hydrogens (tertiary/aromatic N) is 2. The molecule has 0 aliphatic rings. The Morgan fingerprint density at radius 3 is 2.15 bits per heavy atom. The number of esters is 1. The maximum absolute atomic E-state index is 12.9. The first kappa shape index (κ1) is 17.7. The zero-order valence-corrected chi connectivity index (χ0v) is 14.9. The molecule has 0 saturated heterocycles. The fourth-order valence-corrected chi connectivity index (χ4v) is 3.15. The van der Waals surface area contributed by atoms with Gasteiger partial charge in [-0.3, -0.25) is 10.2 Å². The molecule has 0 amide bonds. The zero-order chi connectivity index (χ0) is 18.7. The number of benzene rings is 2. The third-order valence-electron chi connectivity index (χ3n) is 4.36. The predicted molar refractivity (Wildman–Crippen MR) is 98.2 cm³/mol. The molecule has 3 rings (SSSR count). The van der Waals surface area contributed by atoms with Crippen molar-refractivity contribution in [1.29, 1.82) is 5.41 Å². The van der Waals surface area contributed by atoms with Crippen molar-refractivity contribution < 1.29 is 14.3 Å². The topological polar surface area (TPSA) is 77.1 Å². The molecule has 0 bridgehead atoms. The van der Waals surface area contributed by atoms with Crippen LogP contribution in [0.3, 0.4) is 0 Å². The standard InChI is InChI=1S/C20H21N3O3/c1-3-12-22-16-10-6-7-11-17(16)23(20(22)21)13-18(24)14-8-4-5-9-15(14)19(25)26-2/h4-11,21H,3,12-13H2,1-2H3. The molecule has 0 fully saturated rings. The summed E-state index contributed by atoms with van der Waals surface area (Å²) in [6.45, 7) is 2.75. The minimum atomic E-state index is -0.543. The fraction of sp³-hybridized carbons (Fsp3) is 0.250. The highest BCUT2D eigenvalue weighted by Crippen LogP contribution is 2.16. The Balaban J connectivity index is 2.06. The number of ether oxygens (including phenoxy) is 1. The molecule has 0 aliphatic heterocycles. The molecule has 6 heteroatoms. The van der Waals surface area contributed by atoms with Crippen LogP contribution in [-0.2, 0) is 17.8 Å². The number of methoxy groups -OCH3 is 1. The van der Waals surface area contributed by atoms with Gasteiger partial charge in [0.05, 0.1) is 30.3 Å². The van der Waals surface area contributed by atoms with Gasteiger partial charge in [0.15, 0.2) is 5.78 Å². The number of hydrogen-bond acceptors (Lipinski definition) is 4. The summed E-state index contributed by atoms with van der Waals surface area (Å²) >= 11 is 0. The number of Topliss-reactive ketones (excluding diaryl/α,β-unsaturated/α-hetero) is 1. The summed E-state index contributed by atoms with van der Waals surface area (Å²) in [6.07, 6.45) is 0.893. The van der Waals surface area contributed by atoms with E-state index in [-0.39, 0.29) is 23.5 Å². The van der Waals surface area contributed by atoms with Gasteiger partial charge in [-0.2, -0.15) is 0 Å². The van der Waals surface area contributed by atoms with E-state index in [9.17, 15) is 9.59 Å². The molecule has 6 nitrogen and oxygen atoms in total. The Labute approximate surface area is 151 Å². The van der Waals surface area contributed by atoms with E-state index < -0.39 is 5.97 Å². The number of carbonyl (C=O) groups is 2. The second kappa shape index (κ2) is 7.39. The van der Waals surface area contributed by atoms with Crippen molar-refractivity contribution in [2.75, 3.05) is 7.11 Å². The molecule has 1 aromatic heterocycles. The van der Waals surface area contributed by atoms with E-state index in [1.807, 2.05) is 28.8 Å². The van der Waals surface area contributed by atoms with Gasteiger partial charge >= 0.3 is 5.97 Å². The lowest BCUT2D eigenvalue weighted by Crippen LogP contribution is -2.28. The van der Waals surface area contributed by atoms with Crippen molar-refractivity contribution in [1.82, 2.24) is 9.13 Å². The summed E-state index contributed by atoms with van der Waals surface area (Å²) in [5, 5.41) is 8.49. The van der Waals surface area contributed by atoms with Gasteiger partial charge in [-0.15, -0.1) is 0 Å². The van der Waals surface area contributed by atoms with Gasteiger partial charge in [-0.25, -0.2) is 4.79 Å². The van der Waals surface area contributed by atoms with Crippen LogP contribution in [0.25, 0.3) is 11.0 Å². The fourth-order valence-electron chi connectivity index (χ4n) is 3.15. The summed E-state index contributed by atoms with van der Waals surface area (Å²) in [5.74, 6) is -0.776. The number of imidazole rings is 1. The molecule has 0 spiro atoms. The minimum Gasteiger partial charge on any atom is -0.465 e. The highest BCUT2D eigenvalue weighted by atomic mass is 16.5. The predicted octanol–water partition coefficient (Wildman–Crippen LogP) is 3.00. The van der Waals surface area contributed by atoms with Crippen LogP contribution in [0.2, 0.25) is 0 Å². The first-order chi connectivity index (χ1) is 12.6. The Morgan fingerprint density at radius 1 is 0.962 bits per heavy atom. The summed E-state index contributed by atoms with van der Waals surface area (Å²) in [6, 6.07) is 14.3. The largest absolute Gasteiger partial charge is 0.465 e. The number of para-hydroxylation sites is 2. The molecule has 0 unspecified atom stereocenters. The quantitative estimate of drug-likeness (QED) is 0.548. The van der Waals surface area contributed by atoms with E-state index >= 15 is 0 Å². The molecule has 0 saturated carbocycles. The first-order valence-corrected chi connectivity index (χ1v) is 8.51. The Bertz CT molecular complexity index is 1030. The molecule has 0 atom stereocenters. The maximum atomic E-state index is 12.9. The van der Waals surface area contributed by atoms with Crippen molar-refractivity contribution in [3.63, 3.8) is 0 Å². The molecule has 1 heterocycles. The monoisotopic (exact) mass is 351 g/mol. The summed E-state index contributed by atoms with van der Waals surface area (Å²) in [4.78, 5) is 24.8. The van der Waals surface area contributed by atoms with E-state index in [1.54, 1.807) is 28.8 Å². The lowest BCUT2D eigenvalue weighted by Gasteiger charge is -2.08. The molecule has 26 heavy (non-hydrogen) atoms. The average Bonchev–Trinajstić information content (AvgIpc) is 2.93. The first-order valence-electron chi connectivity index (χ1n) is 8.51. The summed E-state index contributed by atoms with van der Waals surface area (Å²) in [7, 11) is 1.29. The molecule has 1 N–H and O–H groups in total. The van der Waals surface area contributed by atoms with Crippen LogP contribution < -0.4 is 5.62 Å². The number of carbonyl (C=O) groups excluding carboxylic acids is 2. The van der Waals surface area contributed by atoms with Gasteiger partial charge in [-0.1, -0.05) is 37.3 Å². The molecule has 0 radical (unpaired) electrons. The van der Waals surface area contributed by atoms with Gasteiger partial charge < -0.3 is 13.9 Å². The SMILES string of the molecule is CCCn1c(=N)n(CC(=O)c2ccccc2C(=O)OC)c2ccccc21.